The summed E-state index contributed by atoms with van der Waals surface area (Å²) in [5.74, 6) is 0. The van der Waals surface area contributed by atoms with E-state index < -0.39 is 0 Å². The van der Waals surface area contributed by atoms with Crippen LogP contribution in [0, 0.1) is 0 Å². The van der Waals surface area contributed by atoms with Crippen LogP contribution in [0.3, 0.4) is 0 Å². The van der Waals surface area contributed by atoms with Crippen molar-refractivity contribution in [1.29, 1.82) is 0 Å². The number of unbranched alkanes of at least 4 members (excludes halogenated alkanes) is 10. The van der Waals surface area contributed by atoms with E-state index in [9.17, 15) is 0 Å². The van der Waals surface area contributed by atoms with E-state index in [4.69, 9.17) is 0 Å². The van der Waals surface area contributed by atoms with Gasteiger partial charge in [0.05, 0.1) is 6.17 Å². The smallest absolute Gasteiger partial charge is 0.0626 e. The number of hydrogen-bond acceptors (Lipinski definition) is 2. The lowest BCUT2D eigenvalue weighted by atomic mass is 10.1. The van der Waals surface area contributed by atoms with Crippen LogP contribution in [0.1, 0.15) is 103 Å². The maximum Gasteiger partial charge on any atom is 0.0626 e. The van der Waals surface area contributed by atoms with Gasteiger partial charge in [-0.25, -0.2) is 0 Å². The first-order valence-electron chi connectivity index (χ1n) is 12.4. The second kappa shape index (κ2) is 17.3. The van der Waals surface area contributed by atoms with Gasteiger partial charge in [-0.15, -0.1) is 17.0 Å². The molecule has 1 unspecified atom stereocenters. The van der Waals surface area contributed by atoms with E-state index in [-0.39, 0.29) is 17.0 Å². The van der Waals surface area contributed by atoms with Crippen LogP contribution < -0.4 is 0 Å². The van der Waals surface area contributed by atoms with Crippen LogP contribution in [0.5, 0.6) is 0 Å². The molecule has 29 heavy (non-hydrogen) atoms. The molecule has 0 radical (unpaired) electrons. The van der Waals surface area contributed by atoms with E-state index in [2.05, 4.69) is 54.0 Å². The lowest BCUT2D eigenvalue weighted by Gasteiger charge is -2.30. The van der Waals surface area contributed by atoms with Gasteiger partial charge < -0.3 is 0 Å². The van der Waals surface area contributed by atoms with Crippen molar-refractivity contribution in [3.05, 3.63) is 35.9 Å². The van der Waals surface area contributed by atoms with Crippen molar-refractivity contribution in [3.8, 4) is 0 Å². The molecular formula is C26H47BrN2. The van der Waals surface area contributed by atoms with Crippen molar-refractivity contribution in [2.24, 2.45) is 0 Å². The molecule has 168 valence electrons. The Morgan fingerprint density at radius 3 is 1.90 bits per heavy atom. The van der Waals surface area contributed by atoms with E-state index in [1.807, 2.05) is 0 Å². The molecule has 1 aromatic rings. The number of hydrogen-bond donors (Lipinski definition) is 0. The molecule has 1 aliphatic heterocycles. The average Bonchev–Trinajstić information content (AvgIpc) is 3.09. The molecule has 0 aromatic heterocycles. The summed E-state index contributed by atoms with van der Waals surface area (Å²) in [7, 11) is 0. The molecule has 0 N–H and O–H groups in total. The summed E-state index contributed by atoms with van der Waals surface area (Å²) in [6.45, 7) is 9.53. The normalized spacial score (nSPS) is 17.5. The summed E-state index contributed by atoms with van der Waals surface area (Å²) >= 11 is 0. The van der Waals surface area contributed by atoms with Crippen molar-refractivity contribution in [1.82, 2.24) is 9.80 Å². The third kappa shape index (κ3) is 11.0. The molecule has 3 heteroatoms. The van der Waals surface area contributed by atoms with Gasteiger partial charge in [-0.2, -0.15) is 0 Å². The molecular weight excluding hydrogens is 420 g/mol. The Labute approximate surface area is 192 Å². The number of benzene rings is 1. The monoisotopic (exact) mass is 466 g/mol. The zero-order valence-electron chi connectivity index (χ0n) is 19.3. The van der Waals surface area contributed by atoms with Gasteiger partial charge in [-0.1, -0.05) is 115 Å². The molecule has 2 rings (SSSR count). The minimum Gasteiger partial charge on any atom is -0.287 e. The first kappa shape index (κ1) is 26.7. The third-order valence-electron chi connectivity index (χ3n) is 6.36. The lowest BCUT2D eigenvalue weighted by molar-refractivity contribution is 0.117. The Bertz CT molecular complexity index is 479. The van der Waals surface area contributed by atoms with E-state index in [0.29, 0.717) is 6.17 Å². The molecule has 0 saturated carbocycles. The molecule has 1 atom stereocenters. The van der Waals surface area contributed by atoms with Crippen LogP contribution in [-0.4, -0.2) is 35.6 Å². The molecule has 1 saturated heterocycles. The standard InChI is InChI=1S/C26H46N2.BrH/c1-3-5-7-8-9-10-11-12-16-20-26-27(21-17-6-4-2)22-23-28(26)24-25-18-14-13-15-19-25;/h13-15,18-19,26H,3-12,16-17,20-24H2,1-2H3;1H. The number of rotatable bonds is 16. The molecule has 0 bridgehead atoms. The Kier molecular flexibility index (Phi) is 15.9. The number of halogens is 1. The summed E-state index contributed by atoms with van der Waals surface area (Å²) in [4.78, 5) is 5.52. The lowest BCUT2D eigenvalue weighted by Crippen LogP contribution is -2.39. The second-order valence-corrected chi connectivity index (χ2v) is 8.80. The van der Waals surface area contributed by atoms with Crippen LogP contribution in [-0.2, 0) is 6.54 Å². The van der Waals surface area contributed by atoms with Crippen molar-refractivity contribution >= 4 is 17.0 Å². The number of nitrogens with zero attached hydrogens (tertiary/aromatic N) is 2. The maximum absolute atomic E-state index is 2.78. The van der Waals surface area contributed by atoms with E-state index in [1.54, 1.807) is 0 Å². The van der Waals surface area contributed by atoms with E-state index in [0.717, 1.165) is 6.54 Å². The third-order valence-corrected chi connectivity index (χ3v) is 6.36. The molecule has 2 nitrogen and oxygen atoms in total. The van der Waals surface area contributed by atoms with Gasteiger partial charge in [0.2, 0.25) is 0 Å². The zero-order chi connectivity index (χ0) is 19.9. The van der Waals surface area contributed by atoms with Crippen LogP contribution in [0.15, 0.2) is 30.3 Å². The van der Waals surface area contributed by atoms with Crippen molar-refractivity contribution in [2.45, 2.75) is 110 Å². The van der Waals surface area contributed by atoms with Gasteiger partial charge in [0.25, 0.3) is 0 Å². The Morgan fingerprint density at radius 1 is 0.690 bits per heavy atom. The molecule has 0 spiro atoms. The quantitative estimate of drug-likeness (QED) is 0.229. The molecule has 1 aromatic carbocycles. The Hall–Kier alpha value is -0.380. The summed E-state index contributed by atoms with van der Waals surface area (Å²) in [6.07, 6.45) is 18.9. The zero-order valence-corrected chi connectivity index (χ0v) is 21.0. The van der Waals surface area contributed by atoms with E-state index >= 15 is 0 Å². The van der Waals surface area contributed by atoms with Crippen molar-refractivity contribution < 1.29 is 0 Å². The topological polar surface area (TPSA) is 6.48 Å². The highest BCUT2D eigenvalue weighted by atomic mass is 79.9. The highest BCUT2D eigenvalue weighted by Gasteiger charge is 2.30. The fourth-order valence-corrected chi connectivity index (χ4v) is 4.62. The van der Waals surface area contributed by atoms with Crippen LogP contribution in [0.25, 0.3) is 0 Å². The highest BCUT2D eigenvalue weighted by Crippen LogP contribution is 2.23. The summed E-state index contributed by atoms with van der Waals surface area (Å²) in [5.41, 5.74) is 1.47. The second-order valence-electron chi connectivity index (χ2n) is 8.80. The summed E-state index contributed by atoms with van der Waals surface area (Å²) in [5, 5.41) is 0. The first-order chi connectivity index (χ1) is 13.8. The first-order valence-corrected chi connectivity index (χ1v) is 12.4. The highest BCUT2D eigenvalue weighted by molar-refractivity contribution is 8.93. The van der Waals surface area contributed by atoms with E-state index in [1.165, 1.54) is 109 Å². The molecule has 1 heterocycles. The van der Waals surface area contributed by atoms with Crippen LogP contribution in [0.2, 0.25) is 0 Å². The van der Waals surface area contributed by atoms with Gasteiger partial charge in [-0.3, -0.25) is 9.80 Å². The van der Waals surface area contributed by atoms with Crippen LogP contribution >= 0.6 is 17.0 Å². The SMILES string of the molecule is Br.CCCCCCCCCCCC1N(CCCCC)CCN1Cc1ccccc1. The summed E-state index contributed by atoms with van der Waals surface area (Å²) in [6, 6.07) is 11.1. The van der Waals surface area contributed by atoms with Gasteiger partial charge >= 0.3 is 0 Å². The molecule has 1 aliphatic rings. The van der Waals surface area contributed by atoms with Gasteiger partial charge in [0, 0.05) is 19.6 Å². The summed E-state index contributed by atoms with van der Waals surface area (Å²) < 4.78 is 0. The van der Waals surface area contributed by atoms with Gasteiger partial charge in [0.1, 0.15) is 0 Å². The predicted molar refractivity (Wildman–Crippen MR) is 134 cm³/mol. The largest absolute Gasteiger partial charge is 0.287 e. The molecule has 0 amide bonds. The Morgan fingerprint density at radius 2 is 1.24 bits per heavy atom. The fourth-order valence-electron chi connectivity index (χ4n) is 4.62. The van der Waals surface area contributed by atoms with Gasteiger partial charge in [-0.05, 0) is 24.9 Å². The van der Waals surface area contributed by atoms with Crippen molar-refractivity contribution in [3.63, 3.8) is 0 Å². The molecule has 1 fully saturated rings. The maximum atomic E-state index is 2.78. The Balaban J connectivity index is 0.00000420. The average molecular weight is 468 g/mol. The van der Waals surface area contributed by atoms with Crippen molar-refractivity contribution in [2.75, 3.05) is 19.6 Å². The predicted octanol–water partition coefficient (Wildman–Crippen LogP) is 7.82. The van der Waals surface area contributed by atoms with Gasteiger partial charge in [0.15, 0.2) is 0 Å². The minimum absolute atomic E-state index is 0. The van der Waals surface area contributed by atoms with Crippen LogP contribution in [0.4, 0.5) is 0 Å². The molecule has 0 aliphatic carbocycles. The fraction of sp³-hybridized carbons (Fsp3) is 0.769. The minimum atomic E-state index is 0.